The van der Waals surface area contributed by atoms with Crippen LogP contribution in [0.25, 0.3) is 0 Å². The molecule has 0 fully saturated rings. The van der Waals surface area contributed by atoms with Crippen molar-refractivity contribution >= 4 is 0 Å². The van der Waals surface area contributed by atoms with Gasteiger partial charge < -0.3 is 5.32 Å². The van der Waals surface area contributed by atoms with Crippen LogP contribution in [0.3, 0.4) is 0 Å². The van der Waals surface area contributed by atoms with Crippen LogP contribution in [0.4, 0.5) is 8.78 Å². The smallest absolute Gasteiger partial charge is 0.272 e. The van der Waals surface area contributed by atoms with Gasteiger partial charge in [0.1, 0.15) is 0 Å². The molecule has 2 nitrogen and oxygen atoms in total. The molecule has 0 amide bonds. The molecule has 0 aromatic carbocycles. The Hall–Kier alpha value is -0.480. The molecule has 0 atom stereocenters. The highest BCUT2D eigenvalue weighted by Crippen LogP contribution is 2.13. The lowest BCUT2D eigenvalue weighted by Crippen LogP contribution is -2.43. The summed E-state index contributed by atoms with van der Waals surface area (Å²) >= 11 is 0. The van der Waals surface area contributed by atoms with Crippen molar-refractivity contribution in [3.05, 3.63) is 12.7 Å². The Morgan fingerprint density at radius 1 is 1.43 bits per heavy atom. The molecule has 0 aromatic rings. The topological polar surface area (TPSA) is 15.3 Å². The predicted molar refractivity (Wildman–Crippen MR) is 55.8 cm³/mol. The highest BCUT2D eigenvalue weighted by Gasteiger charge is 2.30. The molecule has 0 bridgehead atoms. The van der Waals surface area contributed by atoms with Crippen LogP contribution in [-0.4, -0.2) is 43.5 Å². The van der Waals surface area contributed by atoms with Crippen LogP contribution in [0.1, 0.15) is 13.8 Å². The maximum Gasteiger partial charge on any atom is 0.272 e. The van der Waals surface area contributed by atoms with Gasteiger partial charge in [-0.1, -0.05) is 19.9 Å². The first kappa shape index (κ1) is 13.5. The van der Waals surface area contributed by atoms with Crippen LogP contribution in [0.2, 0.25) is 0 Å². The SMILES string of the molecule is C=CCN(CC)CC(F)(F)CNCC. The van der Waals surface area contributed by atoms with E-state index >= 15 is 0 Å². The summed E-state index contributed by atoms with van der Waals surface area (Å²) in [5.41, 5.74) is 0. The first-order chi connectivity index (χ1) is 6.55. The lowest BCUT2D eigenvalue weighted by Gasteiger charge is -2.25. The van der Waals surface area contributed by atoms with E-state index in [1.54, 1.807) is 11.0 Å². The third kappa shape index (κ3) is 6.05. The van der Waals surface area contributed by atoms with E-state index in [1.165, 1.54) is 0 Å². The second kappa shape index (κ2) is 6.90. The molecule has 0 aliphatic rings. The maximum absolute atomic E-state index is 13.2. The molecule has 84 valence electrons. The number of hydrogen-bond acceptors (Lipinski definition) is 2. The summed E-state index contributed by atoms with van der Waals surface area (Å²) in [4.78, 5) is 1.67. The molecule has 0 aliphatic heterocycles. The normalized spacial score (nSPS) is 12.1. The van der Waals surface area contributed by atoms with E-state index in [1.807, 2.05) is 13.8 Å². The van der Waals surface area contributed by atoms with Crippen LogP contribution in [0, 0.1) is 0 Å². The summed E-state index contributed by atoms with van der Waals surface area (Å²) < 4.78 is 26.5. The summed E-state index contributed by atoms with van der Waals surface area (Å²) in [6.07, 6.45) is 1.65. The molecule has 0 heterocycles. The van der Waals surface area contributed by atoms with Crippen LogP contribution >= 0.6 is 0 Å². The lowest BCUT2D eigenvalue weighted by molar-refractivity contribution is -0.0265. The molecule has 0 saturated carbocycles. The Morgan fingerprint density at radius 3 is 2.50 bits per heavy atom. The van der Waals surface area contributed by atoms with Crippen molar-refractivity contribution < 1.29 is 8.78 Å². The number of halogens is 2. The van der Waals surface area contributed by atoms with Gasteiger partial charge in [0.05, 0.1) is 13.1 Å². The first-order valence-electron chi connectivity index (χ1n) is 4.97. The Balaban J connectivity index is 3.95. The number of likely N-dealkylation sites (N-methyl/N-ethyl adjacent to an activating group) is 1. The van der Waals surface area contributed by atoms with Gasteiger partial charge in [-0.3, -0.25) is 4.90 Å². The number of nitrogens with one attached hydrogen (secondary N) is 1. The highest BCUT2D eigenvalue weighted by molar-refractivity contribution is 4.79. The number of rotatable bonds is 8. The van der Waals surface area contributed by atoms with Crippen LogP contribution in [0.15, 0.2) is 12.7 Å². The standard InChI is InChI=1S/C10H20F2N2/c1-4-7-14(6-3)9-10(11,12)8-13-5-2/h4,13H,1,5-9H2,2-3H3. The third-order valence-corrected chi connectivity index (χ3v) is 1.92. The van der Waals surface area contributed by atoms with E-state index in [-0.39, 0.29) is 13.1 Å². The fraction of sp³-hybridized carbons (Fsp3) is 0.800. The zero-order valence-corrected chi connectivity index (χ0v) is 9.02. The second-order valence-corrected chi connectivity index (χ2v) is 3.25. The molecule has 0 radical (unpaired) electrons. The number of nitrogens with zero attached hydrogens (tertiary/aromatic N) is 1. The minimum atomic E-state index is -2.66. The average Bonchev–Trinajstić information content (AvgIpc) is 2.14. The molecule has 0 rings (SSSR count). The minimum Gasteiger partial charge on any atom is -0.311 e. The van der Waals surface area contributed by atoms with Gasteiger partial charge in [-0.2, -0.15) is 0 Å². The van der Waals surface area contributed by atoms with Gasteiger partial charge in [-0.05, 0) is 13.1 Å². The first-order valence-corrected chi connectivity index (χ1v) is 4.97. The van der Waals surface area contributed by atoms with Crippen molar-refractivity contribution in [3.8, 4) is 0 Å². The lowest BCUT2D eigenvalue weighted by atomic mass is 10.3. The average molecular weight is 206 g/mol. The summed E-state index contributed by atoms with van der Waals surface area (Å²) in [5, 5.41) is 2.66. The van der Waals surface area contributed by atoms with Gasteiger partial charge in [-0.25, -0.2) is 8.78 Å². The van der Waals surface area contributed by atoms with Crippen LogP contribution < -0.4 is 5.32 Å². The monoisotopic (exact) mass is 206 g/mol. The molecule has 14 heavy (non-hydrogen) atoms. The van der Waals surface area contributed by atoms with Gasteiger partial charge in [0, 0.05) is 6.54 Å². The molecule has 4 heteroatoms. The molecular weight excluding hydrogens is 186 g/mol. The van der Waals surface area contributed by atoms with E-state index < -0.39 is 5.92 Å². The van der Waals surface area contributed by atoms with Gasteiger partial charge in [-0.15, -0.1) is 6.58 Å². The molecule has 0 aromatic heterocycles. The minimum absolute atomic E-state index is 0.206. The molecule has 0 unspecified atom stereocenters. The molecule has 0 spiro atoms. The molecule has 0 saturated heterocycles. The van der Waals surface area contributed by atoms with Crippen molar-refractivity contribution in [1.29, 1.82) is 0 Å². The van der Waals surface area contributed by atoms with E-state index in [0.29, 0.717) is 19.6 Å². The summed E-state index contributed by atoms with van der Waals surface area (Å²) in [5.74, 6) is -2.66. The fourth-order valence-electron chi connectivity index (χ4n) is 1.18. The van der Waals surface area contributed by atoms with Crippen molar-refractivity contribution in [1.82, 2.24) is 10.2 Å². The molecular formula is C10H20F2N2. The Morgan fingerprint density at radius 2 is 2.07 bits per heavy atom. The van der Waals surface area contributed by atoms with Gasteiger partial charge in [0.25, 0.3) is 5.92 Å². The largest absolute Gasteiger partial charge is 0.311 e. The zero-order valence-electron chi connectivity index (χ0n) is 9.02. The van der Waals surface area contributed by atoms with Crippen molar-refractivity contribution in [3.63, 3.8) is 0 Å². The van der Waals surface area contributed by atoms with Gasteiger partial charge in [0.2, 0.25) is 0 Å². The second-order valence-electron chi connectivity index (χ2n) is 3.25. The van der Waals surface area contributed by atoms with Gasteiger partial charge >= 0.3 is 0 Å². The van der Waals surface area contributed by atoms with Crippen LogP contribution in [-0.2, 0) is 0 Å². The Bertz CT molecular complexity index is 160. The third-order valence-electron chi connectivity index (χ3n) is 1.92. The quantitative estimate of drug-likeness (QED) is 0.609. The van der Waals surface area contributed by atoms with Crippen LogP contribution in [0.5, 0.6) is 0 Å². The predicted octanol–water partition coefficient (Wildman–Crippen LogP) is 1.74. The van der Waals surface area contributed by atoms with E-state index in [4.69, 9.17) is 0 Å². The van der Waals surface area contributed by atoms with E-state index in [2.05, 4.69) is 11.9 Å². The van der Waals surface area contributed by atoms with Crippen molar-refractivity contribution in [2.75, 3.05) is 32.7 Å². The Kier molecular flexibility index (Phi) is 6.66. The Labute approximate surface area is 85.0 Å². The van der Waals surface area contributed by atoms with Crippen molar-refractivity contribution in [2.24, 2.45) is 0 Å². The summed E-state index contributed by atoms with van der Waals surface area (Å²) in [7, 11) is 0. The van der Waals surface area contributed by atoms with Crippen molar-refractivity contribution in [2.45, 2.75) is 19.8 Å². The summed E-state index contributed by atoms with van der Waals surface area (Å²) in [6.45, 7) is 8.47. The fourth-order valence-corrected chi connectivity index (χ4v) is 1.18. The number of alkyl halides is 2. The maximum atomic E-state index is 13.2. The van der Waals surface area contributed by atoms with E-state index in [9.17, 15) is 8.78 Å². The summed E-state index contributed by atoms with van der Waals surface area (Å²) in [6, 6.07) is 0. The number of hydrogen-bond donors (Lipinski definition) is 1. The van der Waals surface area contributed by atoms with E-state index in [0.717, 1.165) is 0 Å². The zero-order chi connectivity index (χ0) is 11.0. The molecule has 0 aliphatic carbocycles. The molecule has 1 N–H and O–H groups in total. The highest BCUT2D eigenvalue weighted by atomic mass is 19.3. The van der Waals surface area contributed by atoms with Gasteiger partial charge in [0.15, 0.2) is 0 Å².